The molecule has 1 saturated carbocycles. The van der Waals surface area contributed by atoms with Gasteiger partial charge in [0.1, 0.15) is 10.5 Å². The van der Waals surface area contributed by atoms with Gasteiger partial charge in [0.2, 0.25) is 0 Å². The Bertz CT molecular complexity index is 438. The summed E-state index contributed by atoms with van der Waals surface area (Å²) in [6.07, 6.45) is 3.34. The van der Waals surface area contributed by atoms with Crippen molar-refractivity contribution in [2.75, 3.05) is 7.11 Å². The van der Waals surface area contributed by atoms with E-state index in [9.17, 15) is 4.79 Å². The Morgan fingerprint density at radius 3 is 3.00 bits per heavy atom. The van der Waals surface area contributed by atoms with Crippen LogP contribution in [-0.2, 0) is 9.53 Å². The first-order valence-corrected chi connectivity index (χ1v) is 7.57. The van der Waals surface area contributed by atoms with Crippen LogP contribution in [0.1, 0.15) is 30.7 Å². The van der Waals surface area contributed by atoms with E-state index >= 15 is 0 Å². The highest BCUT2D eigenvalue weighted by molar-refractivity contribution is 8.01. The third kappa shape index (κ3) is 3.02. The Morgan fingerprint density at radius 2 is 2.39 bits per heavy atom. The van der Waals surface area contributed by atoms with E-state index in [1.54, 1.807) is 23.1 Å². The molecule has 0 bridgehead atoms. The molecule has 1 aliphatic rings. The van der Waals surface area contributed by atoms with E-state index in [4.69, 9.17) is 10.5 Å². The monoisotopic (exact) mass is 287 g/mol. The summed E-state index contributed by atoms with van der Waals surface area (Å²) in [7, 11) is 1.39. The summed E-state index contributed by atoms with van der Waals surface area (Å²) in [6.45, 7) is 1.93. The van der Waals surface area contributed by atoms with Crippen molar-refractivity contribution in [1.29, 1.82) is 0 Å². The quantitative estimate of drug-likeness (QED) is 0.853. The Hall–Kier alpha value is -0.660. The molecule has 100 valence electrons. The third-order valence-corrected chi connectivity index (χ3v) is 5.30. The highest BCUT2D eigenvalue weighted by Gasteiger charge is 2.40. The lowest BCUT2D eigenvalue weighted by atomic mass is 9.82. The molecule has 7 heteroatoms. The van der Waals surface area contributed by atoms with Crippen molar-refractivity contribution in [3.8, 4) is 0 Å². The first kappa shape index (κ1) is 13.8. The second-order valence-electron chi connectivity index (χ2n) is 4.57. The molecule has 0 aromatic carbocycles. The predicted octanol–water partition coefficient (Wildman–Crippen LogP) is 1.75. The van der Waals surface area contributed by atoms with E-state index < -0.39 is 5.54 Å². The normalized spacial score (nSPS) is 28.1. The smallest absolute Gasteiger partial charge is 0.325 e. The van der Waals surface area contributed by atoms with Crippen LogP contribution in [0, 0.1) is 6.92 Å². The van der Waals surface area contributed by atoms with Crippen molar-refractivity contribution in [3.63, 3.8) is 0 Å². The Kier molecular flexibility index (Phi) is 4.24. The third-order valence-electron chi connectivity index (χ3n) is 3.11. The van der Waals surface area contributed by atoms with Gasteiger partial charge >= 0.3 is 5.97 Å². The zero-order chi connectivity index (χ0) is 13.2. The number of ether oxygens (including phenoxy) is 1. The summed E-state index contributed by atoms with van der Waals surface area (Å²) < 4.78 is 5.75. The molecule has 0 radical (unpaired) electrons. The number of esters is 1. The zero-order valence-electron chi connectivity index (χ0n) is 10.5. The first-order valence-electron chi connectivity index (χ1n) is 5.87. The summed E-state index contributed by atoms with van der Waals surface area (Å²) in [5.74, 6) is -0.304. The summed E-state index contributed by atoms with van der Waals surface area (Å²) >= 11 is 3.25. The maximum atomic E-state index is 11.7. The Balaban J connectivity index is 2.00. The van der Waals surface area contributed by atoms with Gasteiger partial charge in [0.05, 0.1) is 7.11 Å². The molecular weight excluding hydrogens is 270 g/mol. The lowest BCUT2D eigenvalue weighted by Gasteiger charge is -2.34. The number of carbonyl (C=O) groups excluding carboxylic acids is 1. The average molecular weight is 287 g/mol. The van der Waals surface area contributed by atoms with E-state index in [1.165, 1.54) is 7.11 Å². The van der Waals surface area contributed by atoms with E-state index in [0.717, 1.165) is 22.2 Å². The lowest BCUT2D eigenvalue weighted by molar-refractivity contribution is -0.148. The molecule has 2 rings (SSSR count). The topological polar surface area (TPSA) is 78.1 Å². The van der Waals surface area contributed by atoms with Gasteiger partial charge in [0, 0.05) is 5.25 Å². The van der Waals surface area contributed by atoms with Crippen LogP contribution in [0.15, 0.2) is 4.34 Å². The average Bonchev–Trinajstić information content (AvgIpc) is 2.73. The SMILES string of the molecule is COC(=O)C1(N)CCCC(Sc2nnc(C)s2)C1. The predicted molar refractivity (Wildman–Crippen MR) is 71.7 cm³/mol. The van der Waals surface area contributed by atoms with Crippen LogP contribution in [0.2, 0.25) is 0 Å². The van der Waals surface area contributed by atoms with Gasteiger partial charge in [-0.2, -0.15) is 0 Å². The number of methoxy groups -OCH3 is 1. The van der Waals surface area contributed by atoms with Crippen LogP contribution in [0.25, 0.3) is 0 Å². The van der Waals surface area contributed by atoms with Gasteiger partial charge in [-0.3, -0.25) is 4.79 Å². The van der Waals surface area contributed by atoms with E-state index in [0.29, 0.717) is 18.1 Å². The number of thioether (sulfide) groups is 1. The van der Waals surface area contributed by atoms with Crippen LogP contribution >= 0.6 is 23.1 Å². The van der Waals surface area contributed by atoms with Gasteiger partial charge in [-0.1, -0.05) is 23.1 Å². The van der Waals surface area contributed by atoms with Gasteiger partial charge in [0.25, 0.3) is 0 Å². The number of aryl methyl sites for hydroxylation is 1. The molecule has 0 amide bonds. The number of nitrogens with zero attached hydrogens (tertiary/aromatic N) is 2. The number of hydrogen-bond acceptors (Lipinski definition) is 7. The minimum Gasteiger partial charge on any atom is -0.468 e. The summed E-state index contributed by atoms with van der Waals surface area (Å²) in [4.78, 5) is 11.7. The van der Waals surface area contributed by atoms with Gasteiger partial charge in [-0.05, 0) is 32.6 Å². The lowest BCUT2D eigenvalue weighted by Crippen LogP contribution is -2.52. The fourth-order valence-corrected chi connectivity index (χ4v) is 4.63. The molecular formula is C11H17N3O2S2. The fraction of sp³-hybridized carbons (Fsp3) is 0.727. The highest BCUT2D eigenvalue weighted by Crippen LogP contribution is 2.38. The molecule has 1 aromatic rings. The number of hydrogen-bond donors (Lipinski definition) is 1. The zero-order valence-corrected chi connectivity index (χ0v) is 12.1. The number of rotatable bonds is 3. The summed E-state index contributed by atoms with van der Waals surface area (Å²) in [6, 6.07) is 0. The molecule has 2 atom stereocenters. The van der Waals surface area contributed by atoms with E-state index in [-0.39, 0.29) is 5.97 Å². The minimum absolute atomic E-state index is 0.304. The Morgan fingerprint density at radius 1 is 1.61 bits per heavy atom. The summed E-state index contributed by atoms with van der Waals surface area (Å²) in [5.41, 5.74) is 5.31. The van der Waals surface area contributed by atoms with E-state index in [2.05, 4.69) is 10.2 Å². The molecule has 1 aliphatic carbocycles. The van der Waals surface area contributed by atoms with Gasteiger partial charge < -0.3 is 10.5 Å². The molecule has 2 unspecified atom stereocenters. The largest absolute Gasteiger partial charge is 0.468 e. The second-order valence-corrected chi connectivity index (χ2v) is 7.30. The van der Waals surface area contributed by atoms with Crippen molar-refractivity contribution >= 4 is 29.1 Å². The molecule has 0 saturated heterocycles. The van der Waals surface area contributed by atoms with Crippen LogP contribution < -0.4 is 5.73 Å². The molecule has 1 aromatic heterocycles. The number of carbonyl (C=O) groups is 1. The molecule has 1 heterocycles. The molecule has 18 heavy (non-hydrogen) atoms. The van der Waals surface area contributed by atoms with Gasteiger partial charge in [0.15, 0.2) is 4.34 Å². The second kappa shape index (κ2) is 5.54. The van der Waals surface area contributed by atoms with Gasteiger partial charge in [-0.25, -0.2) is 0 Å². The van der Waals surface area contributed by atoms with Crippen molar-refractivity contribution in [2.24, 2.45) is 5.73 Å². The minimum atomic E-state index is -0.829. The number of aromatic nitrogens is 2. The standard InChI is InChI=1S/C11H17N3O2S2/c1-7-13-14-10(17-7)18-8-4-3-5-11(12,6-8)9(15)16-2/h8H,3-6,12H2,1-2H3. The van der Waals surface area contributed by atoms with Crippen LogP contribution in [0.3, 0.4) is 0 Å². The Labute approximate surface area is 114 Å². The molecule has 2 N–H and O–H groups in total. The van der Waals surface area contributed by atoms with Crippen LogP contribution in [0.4, 0.5) is 0 Å². The molecule has 0 spiro atoms. The fourth-order valence-electron chi connectivity index (χ4n) is 2.21. The maximum absolute atomic E-state index is 11.7. The highest BCUT2D eigenvalue weighted by atomic mass is 32.2. The van der Waals surface area contributed by atoms with Crippen molar-refractivity contribution in [1.82, 2.24) is 10.2 Å². The maximum Gasteiger partial charge on any atom is 0.325 e. The van der Waals surface area contributed by atoms with Crippen LogP contribution in [0.5, 0.6) is 0 Å². The van der Waals surface area contributed by atoms with Crippen molar-refractivity contribution in [2.45, 2.75) is 47.7 Å². The number of nitrogens with two attached hydrogens (primary N) is 1. The van der Waals surface area contributed by atoms with Gasteiger partial charge in [-0.15, -0.1) is 10.2 Å². The van der Waals surface area contributed by atoms with Crippen molar-refractivity contribution in [3.05, 3.63) is 5.01 Å². The summed E-state index contributed by atoms with van der Waals surface area (Å²) in [5, 5.41) is 9.37. The van der Waals surface area contributed by atoms with E-state index in [1.807, 2.05) is 6.92 Å². The van der Waals surface area contributed by atoms with Crippen LogP contribution in [-0.4, -0.2) is 34.1 Å². The first-order chi connectivity index (χ1) is 8.53. The molecule has 1 fully saturated rings. The van der Waals surface area contributed by atoms with Crippen molar-refractivity contribution < 1.29 is 9.53 Å². The molecule has 5 nitrogen and oxygen atoms in total. The molecule has 0 aliphatic heterocycles.